The van der Waals surface area contributed by atoms with Gasteiger partial charge in [0.1, 0.15) is 0 Å². The minimum atomic E-state index is 0.443. The molecule has 0 amide bonds. The first kappa shape index (κ1) is 10.7. The highest BCUT2D eigenvalue weighted by molar-refractivity contribution is 5.56. The average Bonchev–Trinajstić information content (AvgIpc) is 3.09. The summed E-state index contributed by atoms with van der Waals surface area (Å²) in [5.41, 5.74) is 7.46. The molecular formula is C13H11N3O2. The van der Waals surface area contributed by atoms with Gasteiger partial charge in [-0.05, 0) is 29.8 Å². The lowest BCUT2D eigenvalue weighted by atomic mass is 10.1. The summed E-state index contributed by atoms with van der Waals surface area (Å²) in [6, 6.07) is 11.2. The normalized spacial score (nSPS) is 10.7. The van der Waals surface area contributed by atoms with E-state index in [0.717, 1.165) is 11.1 Å². The molecule has 3 aromatic rings. The molecule has 3 rings (SSSR count). The third-order valence-electron chi connectivity index (χ3n) is 2.60. The van der Waals surface area contributed by atoms with Gasteiger partial charge in [0.05, 0.1) is 6.26 Å². The molecule has 5 heteroatoms. The van der Waals surface area contributed by atoms with Crippen molar-refractivity contribution in [3.05, 3.63) is 48.2 Å². The van der Waals surface area contributed by atoms with Crippen LogP contribution < -0.4 is 5.73 Å². The van der Waals surface area contributed by atoms with Crippen LogP contribution in [-0.4, -0.2) is 10.1 Å². The molecular weight excluding hydrogens is 230 g/mol. The first-order valence-electron chi connectivity index (χ1n) is 5.54. The largest absolute Gasteiger partial charge is 0.461 e. The number of aromatic nitrogens is 2. The molecule has 18 heavy (non-hydrogen) atoms. The van der Waals surface area contributed by atoms with Crippen molar-refractivity contribution in [1.82, 2.24) is 10.1 Å². The molecule has 1 aromatic carbocycles. The Hall–Kier alpha value is -2.40. The van der Waals surface area contributed by atoms with Gasteiger partial charge in [-0.3, -0.25) is 0 Å². The number of nitrogens with zero attached hydrogens (tertiary/aromatic N) is 2. The predicted molar refractivity (Wildman–Crippen MR) is 65.3 cm³/mol. The maximum absolute atomic E-state index is 5.54. The maximum Gasteiger partial charge on any atom is 0.258 e. The van der Waals surface area contributed by atoms with E-state index < -0.39 is 0 Å². The number of nitrogens with two attached hydrogens (primary N) is 1. The van der Waals surface area contributed by atoms with Gasteiger partial charge in [0.2, 0.25) is 5.82 Å². The van der Waals surface area contributed by atoms with Crippen LogP contribution in [0.25, 0.3) is 23.0 Å². The van der Waals surface area contributed by atoms with Crippen LogP contribution in [0.15, 0.2) is 51.6 Å². The van der Waals surface area contributed by atoms with Gasteiger partial charge in [-0.15, -0.1) is 0 Å². The number of rotatable bonds is 3. The Morgan fingerprint density at radius 3 is 2.61 bits per heavy atom. The van der Waals surface area contributed by atoms with E-state index >= 15 is 0 Å². The third-order valence-corrected chi connectivity index (χ3v) is 2.60. The lowest BCUT2D eigenvalue weighted by Gasteiger charge is -1.96. The van der Waals surface area contributed by atoms with Crippen LogP contribution in [0.3, 0.4) is 0 Å². The topological polar surface area (TPSA) is 78.1 Å². The van der Waals surface area contributed by atoms with Crippen LogP contribution in [0.1, 0.15) is 5.56 Å². The molecule has 2 heterocycles. The molecule has 0 bridgehead atoms. The predicted octanol–water partition coefficient (Wildman–Crippen LogP) is 2.46. The standard InChI is InChI=1S/C13H11N3O2/c14-8-9-3-5-10(6-4-9)13-15-12(16-18-13)11-2-1-7-17-11/h1-7H,8,14H2. The summed E-state index contributed by atoms with van der Waals surface area (Å²) in [5, 5.41) is 3.87. The van der Waals surface area contributed by atoms with Crippen LogP contribution in [0.5, 0.6) is 0 Å². The van der Waals surface area contributed by atoms with E-state index in [0.29, 0.717) is 24.0 Å². The molecule has 0 spiro atoms. The fourth-order valence-corrected chi connectivity index (χ4v) is 1.63. The minimum Gasteiger partial charge on any atom is -0.461 e. The summed E-state index contributed by atoms with van der Waals surface area (Å²) in [7, 11) is 0. The van der Waals surface area contributed by atoms with Crippen LogP contribution in [0.4, 0.5) is 0 Å². The number of furan rings is 1. The van der Waals surface area contributed by atoms with E-state index in [2.05, 4.69) is 10.1 Å². The Morgan fingerprint density at radius 1 is 1.11 bits per heavy atom. The van der Waals surface area contributed by atoms with Crippen molar-refractivity contribution in [2.24, 2.45) is 5.73 Å². The first-order chi connectivity index (χ1) is 8.86. The van der Waals surface area contributed by atoms with E-state index in [-0.39, 0.29) is 0 Å². The monoisotopic (exact) mass is 241 g/mol. The van der Waals surface area contributed by atoms with Crippen LogP contribution in [0, 0.1) is 0 Å². The summed E-state index contributed by atoms with van der Waals surface area (Å²) in [4.78, 5) is 4.28. The summed E-state index contributed by atoms with van der Waals surface area (Å²) >= 11 is 0. The Morgan fingerprint density at radius 2 is 1.94 bits per heavy atom. The van der Waals surface area contributed by atoms with Gasteiger partial charge in [-0.2, -0.15) is 4.98 Å². The van der Waals surface area contributed by atoms with Crippen molar-refractivity contribution < 1.29 is 8.94 Å². The fraction of sp³-hybridized carbons (Fsp3) is 0.0769. The summed E-state index contributed by atoms with van der Waals surface area (Å²) in [6.45, 7) is 0.516. The zero-order valence-corrected chi connectivity index (χ0v) is 9.54. The molecule has 0 saturated carbocycles. The van der Waals surface area contributed by atoms with E-state index in [4.69, 9.17) is 14.7 Å². The molecule has 0 aliphatic rings. The second-order valence-corrected chi connectivity index (χ2v) is 3.80. The molecule has 5 nitrogen and oxygen atoms in total. The molecule has 2 aromatic heterocycles. The zero-order chi connectivity index (χ0) is 12.4. The molecule has 2 N–H and O–H groups in total. The van der Waals surface area contributed by atoms with Crippen LogP contribution in [0.2, 0.25) is 0 Å². The molecule has 0 unspecified atom stereocenters. The van der Waals surface area contributed by atoms with Crippen molar-refractivity contribution >= 4 is 0 Å². The molecule has 0 atom stereocenters. The lowest BCUT2D eigenvalue weighted by molar-refractivity contribution is 0.429. The smallest absolute Gasteiger partial charge is 0.258 e. The fourth-order valence-electron chi connectivity index (χ4n) is 1.63. The number of hydrogen-bond acceptors (Lipinski definition) is 5. The summed E-state index contributed by atoms with van der Waals surface area (Å²) in [6.07, 6.45) is 1.57. The van der Waals surface area contributed by atoms with Crippen molar-refractivity contribution in [1.29, 1.82) is 0 Å². The summed E-state index contributed by atoms with van der Waals surface area (Å²) < 4.78 is 10.4. The van der Waals surface area contributed by atoms with Crippen LogP contribution in [-0.2, 0) is 6.54 Å². The van der Waals surface area contributed by atoms with Gasteiger partial charge < -0.3 is 14.7 Å². The Kier molecular flexibility index (Phi) is 2.66. The van der Waals surface area contributed by atoms with Gasteiger partial charge >= 0.3 is 0 Å². The molecule has 0 fully saturated rings. The van der Waals surface area contributed by atoms with Crippen molar-refractivity contribution in [2.45, 2.75) is 6.54 Å². The zero-order valence-electron chi connectivity index (χ0n) is 9.54. The third kappa shape index (κ3) is 1.91. The highest BCUT2D eigenvalue weighted by atomic mass is 16.5. The van der Waals surface area contributed by atoms with Gasteiger partial charge in [0, 0.05) is 12.1 Å². The van der Waals surface area contributed by atoms with E-state index in [9.17, 15) is 0 Å². The SMILES string of the molecule is NCc1ccc(-c2nc(-c3ccco3)no2)cc1. The van der Waals surface area contributed by atoms with Gasteiger partial charge in [-0.1, -0.05) is 17.3 Å². The number of benzene rings is 1. The van der Waals surface area contributed by atoms with Gasteiger partial charge in [-0.25, -0.2) is 0 Å². The Labute approximate surface area is 103 Å². The quantitative estimate of drug-likeness (QED) is 0.762. The molecule has 0 radical (unpaired) electrons. The maximum atomic E-state index is 5.54. The Bertz CT molecular complexity index is 627. The van der Waals surface area contributed by atoms with E-state index in [1.165, 1.54) is 0 Å². The van der Waals surface area contributed by atoms with Crippen molar-refractivity contribution in [3.8, 4) is 23.0 Å². The molecule has 0 aliphatic carbocycles. The second kappa shape index (κ2) is 4.46. The van der Waals surface area contributed by atoms with Crippen LogP contribution >= 0.6 is 0 Å². The molecule has 0 saturated heterocycles. The highest BCUT2D eigenvalue weighted by Crippen LogP contribution is 2.22. The average molecular weight is 241 g/mol. The van der Waals surface area contributed by atoms with Gasteiger partial charge in [0.15, 0.2) is 5.76 Å². The first-order valence-corrected chi connectivity index (χ1v) is 5.54. The highest BCUT2D eigenvalue weighted by Gasteiger charge is 2.11. The van der Waals surface area contributed by atoms with E-state index in [1.807, 2.05) is 24.3 Å². The second-order valence-electron chi connectivity index (χ2n) is 3.80. The van der Waals surface area contributed by atoms with Crippen molar-refractivity contribution in [2.75, 3.05) is 0 Å². The van der Waals surface area contributed by atoms with Crippen molar-refractivity contribution in [3.63, 3.8) is 0 Å². The summed E-state index contributed by atoms with van der Waals surface area (Å²) in [5.74, 6) is 1.49. The number of hydrogen-bond donors (Lipinski definition) is 1. The Balaban J connectivity index is 1.92. The molecule has 0 aliphatic heterocycles. The molecule has 90 valence electrons. The lowest BCUT2D eigenvalue weighted by Crippen LogP contribution is -1.95. The minimum absolute atomic E-state index is 0.443. The van der Waals surface area contributed by atoms with Gasteiger partial charge in [0.25, 0.3) is 5.89 Å². The van der Waals surface area contributed by atoms with E-state index in [1.54, 1.807) is 18.4 Å².